The number of esters is 1. The molecule has 3 aliphatic rings. The van der Waals surface area contributed by atoms with Crippen LogP contribution in [0.15, 0.2) is 48.5 Å². The number of nitrogens with zero attached hydrogens (tertiary/aromatic N) is 1. The van der Waals surface area contributed by atoms with Crippen LogP contribution in [0.1, 0.15) is 34.3 Å². The summed E-state index contributed by atoms with van der Waals surface area (Å²) in [6.45, 7) is 1.24. The Labute approximate surface area is 162 Å². The molecule has 6 nitrogen and oxygen atoms in total. The Hall–Kier alpha value is -3.28. The van der Waals surface area contributed by atoms with Crippen LogP contribution in [0.3, 0.4) is 0 Å². The van der Waals surface area contributed by atoms with E-state index in [0.717, 1.165) is 24.0 Å². The summed E-state index contributed by atoms with van der Waals surface area (Å²) in [7, 11) is 0. The summed E-state index contributed by atoms with van der Waals surface area (Å²) in [5.41, 5.74) is 1.63. The van der Waals surface area contributed by atoms with E-state index in [2.05, 4.69) is 0 Å². The van der Waals surface area contributed by atoms with Crippen LogP contribution in [0, 0.1) is 0 Å². The van der Waals surface area contributed by atoms with Crippen LogP contribution in [-0.4, -0.2) is 36.7 Å². The van der Waals surface area contributed by atoms with Crippen molar-refractivity contribution >= 4 is 18.0 Å². The lowest BCUT2D eigenvalue weighted by atomic mass is 9.85. The molecule has 0 radical (unpaired) electrons. The standard InChI is InChI=1S/C22H19NO5/c24-20(9-7-15-6-8-18-19(12-15)27-14-26-18)23-11-3-10-22(13-23)17-5-2-1-4-16(17)21(25)28-22/h1-2,4-9,12H,3,10-11,13-14H2/b9-7+/t22-/m1/s1. The second-order valence-corrected chi connectivity index (χ2v) is 7.24. The Morgan fingerprint density at radius 3 is 2.89 bits per heavy atom. The van der Waals surface area contributed by atoms with E-state index in [-0.39, 0.29) is 18.7 Å². The van der Waals surface area contributed by atoms with Gasteiger partial charge in [0.15, 0.2) is 17.1 Å². The molecule has 2 aromatic rings. The fourth-order valence-corrected chi connectivity index (χ4v) is 4.15. The van der Waals surface area contributed by atoms with Crippen LogP contribution in [0.4, 0.5) is 0 Å². The quantitative estimate of drug-likeness (QED) is 0.594. The maximum Gasteiger partial charge on any atom is 0.339 e. The SMILES string of the molecule is O=C1O[C@@]2(CCCN(C(=O)/C=C/c3ccc4c(c3)OCO4)C2)c2ccccc21. The van der Waals surface area contributed by atoms with Gasteiger partial charge in [-0.25, -0.2) is 4.79 Å². The zero-order valence-corrected chi connectivity index (χ0v) is 15.2. The number of likely N-dealkylation sites (tertiary alicyclic amines) is 1. The van der Waals surface area contributed by atoms with Crippen molar-refractivity contribution in [1.29, 1.82) is 0 Å². The molecule has 1 fully saturated rings. The van der Waals surface area contributed by atoms with Gasteiger partial charge in [-0.05, 0) is 42.7 Å². The van der Waals surface area contributed by atoms with E-state index in [0.29, 0.717) is 30.2 Å². The van der Waals surface area contributed by atoms with Crippen LogP contribution in [-0.2, 0) is 15.1 Å². The van der Waals surface area contributed by atoms with Crippen molar-refractivity contribution in [3.8, 4) is 11.5 Å². The molecule has 0 aromatic heterocycles. The molecule has 0 unspecified atom stereocenters. The van der Waals surface area contributed by atoms with Gasteiger partial charge in [0, 0.05) is 18.2 Å². The Kier molecular flexibility index (Phi) is 3.86. The molecule has 0 bridgehead atoms. The molecular formula is C22H19NO5. The number of ether oxygens (including phenoxy) is 3. The minimum atomic E-state index is -0.728. The molecule has 1 atom stereocenters. The maximum atomic E-state index is 12.8. The molecule has 0 N–H and O–H groups in total. The highest BCUT2D eigenvalue weighted by molar-refractivity contribution is 5.95. The van der Waals surface area contributed by atoms with E-state index in [4.69, 9.17) is 14.2 Å². The summed E-state index contributed by atoms with van der Waals surface area (Å²) in [5.74, 6) is 0.988. The number of carbonyl (C=O) groups excluding carboxylic acids is 2. The van der Waals surface area contributed by atoms with Crippen molar-refractivity contribution in [3.05, 3.63) is 65.2 Å². The van der Waals surface area contributed by atoms with E-state index >= 15 is 0 Å². The van der Waals surface area contributed by atoms with Crippen molar-refractivity contribution in [2.24, 2.45) is 0 Å². The number of carbonyl (C=O) groups is 2. The van der Waals surface area contributed by atoms with Crippen LogP contribution < -0.4 is 9.47 Å². The zero-order valence-electron chi connectivity index (χ0n) is 15.2. The van der Waals surface area contributed by atoms with E-state index in [1.54, 1.807) is 23.1 Å². The number of piperidine rings is 1. The monoisotopic (exact) mass is 377 g/mol. The van der Waals surface area contributed by atoms with Gasteiger partial charge in [0.25, 0.3) is 0 Å². The molecule has 6 heteroatoms. The van der Waals surface area contributed by atoms with E-state index in [1.807, 2.05) is 36.4 Å². The zero-order chi connectivity index (χ0) is 19.1. The summed E-state index contributed by atoms with van der Waals surface area (Å²) in [4.78, 5) is 26.8. The average Bonchev–Trinajstić information content (AvgIpc) is 3.29. The Morgan fingerprint density at radius 2 is 1.96 bits per heavy atom. The van der Waals surface area contributed by atoms with E-state index < -0.39 is 5.60 Å². The van der Waals surface area contributed by atoms with Crippen LogP contribution in [0.25, 0.3) is 6.08 Å². The summed E-state index contributed by atoms with van der Waals surface area (Å²) in [6.07, 6.45) is 4.83. The summed E-state index contributed by atoms with van der Waals surface area (Å²) in [6, 6.07) is 13.0. The van der Waals surface area contributed by atoms with Crippen LogP contribution in [0.5, 0.6) is 11.5 Å². The highest BCUT2D eigenvalue weighted by Crippen LogP contribution is 2.42. The van der Waals surface area contributed by atoms with Crippen LogP contribution >= 0.6 is 0 Å². The van der Waals surface area contributed by atoms with Crippen molar-refractivity contribution in [1.82, 2.24) is 4.90 Å². The number of benzene rings is 2. The first-order valence-corrected chi connectivity index (χ1v) is 9.34. The first-order valence-electron chi connectivity index (χ1n) is 9.34. The van der Waals surface area contributed by atoms with Crippen molar-refractivity contribution in [2.45, 2.75) is 18.4 Å². The third-order valence-corrected chi connectivity index (χ3v) is 5.51. The molecule has 0 aliphatic carbocycles. The molecule has 1 spiro atoms. The van der Waals surface area contributed by atoms with E-state index in [9.17, 15) is 9.59 Å². The predicted molar refractivity (Wildman–Crippen MR) is 101 cm³/mol. The number of hydrogen-bond acceptors (Lipinski definition) is 5. The molecule has 142 valence electrons. The Balaban J connectivity index is 1.34. The number of amides is 1. The summed E-state index contributed by atoms with van der Waals surface area (Å²) in [5, 5.41) is 0. The Bertz CT molecular complexity index is 998. The minimum absolute atomic E-state index is 0.0998. The van der Waals surface area contributed by atoms with Crippen LogP contribution in [0.2, 0.25) is 0 Å². The highest BCUT2D eigenvalue weighted by atomic mass is 16.7. The van der Waals surface area contributed by atoms with Gasteiger partial charge in [-0.2, -0.15) is 0 Å². The smallest absolute Gasteiger partial charge is 0.339 e. The predicted octanol–water partition coefficient (Wildman–Crippen LogP) is 3.12. The van der Waals surface area contributed by atoms with Gasteiger partial charge in [-0.1, -0.05) is 24.3 Å². The normalized spacial score (nSPS) is 22.6. The Morgan fingerprint density at radius 1 is 1.11 bits per heavy atom. The summed E-state index contributed by atoms with van der Waals surface area (Å²) < 4.78 is 16.4. The second kappa shape index (κ2) is 6.41. The molecule has 1 amide bonds. The molecule has 28 heavy (non-hydrogen) atoms. The second-order valence-electron chi connectivity index (χ2n) is 7.24. The lowest BCUT2D eigenvalue weighted by Gasteiger charge is -2.39. The molecular weight excluding hydrogens is 358 g/mol. The molecule has 1 saturated heterocycles. The van der Waals surface area contributed by atoms with Crippen molar-refractivity contribution in [3.63, 3.8) is 0 Å². The highest BCUT2D eigenvalue weighted by Gasteiger charge is 2.48. The van der Waals surface area contributed by atoms with Gasteiger partial charge in [0.05, 0.1) is 12.1 Å². The molecule has 2 aromatic carbocycles. The molecule has 0 saturated carbocycles. The van der Waals surface area contributed by atoms with Crippen molar-refractivity contribution in [2.75, 3.05) is 19.9 Å². The van der Waals surface area contributed by atoms with Gasteiger partial charge in [-0.15, -0.1) is 0 Å². The van der Waals surface area contributed by atoms with Gasteiger partial charge >= 0.3 is 5.97 Å². The third kappa shape index (κ3) is 2.72. The van der Waals surface area contributed by atoms with Gasteiger partial charge in [0.2, 0.25) is 12.7 Å². The first-order chi connectivity index (χ1) is 13.6. The number of rotatable bonds is 2. The fourth-order valence-electron chi connectivity index (χ4n) is 4.15. The maximum absolute atomic E-state index is 12.8. The van der Waals surface area contributed by atoms with Gasteiger partial charge in [-0.3, -0.25) is 4.79 Å². The third-order valence-electron chi connectivity index (χ3n) is 5.51. The van der Waals surface area contributed by atoms with E-state index in [1.165, 1.54) is 0 Å². The molecule has 3 heterocycles. The number of hydrogen-bond donors (Lipinski definition) is 0. The summed E-state index contributed by atoms with van der Waals surface area (Å²) >= 11 is 0. The first kappa shape index (κ1) is 16.9. The largest absolute Gasteiger partial charge is 0.454 e. The van der Waals surface area contributed by atoms with Gasteiger partial charge in [0.1, 0.15) is 0 Å². The topological polar surface area (TPSA) is 65.1 Å². The average molecular weight is 377 g/mol. The lowest BCUT2D eigenvalue weighted by Crippen LogP contribution is -2.48. The minimum Gasteiger partial charge on any atom is -0.454 e. The van der Waals surface area contributed by atoms with Gasteiger partial charge < -0.3 is 19.1 Å². The van der Waals surface area contributed by atoms with Crippen molar-refractivity contribution < 1.29 is 23.8 Å². The molecule has 5 rings (SSSR count). The fraction of sp³-hybridized carbons (Fsp3) is 0.273. The number of fused-ring (bicyclic) bond motifs is 3. The lowest BCUT2D eigenvalue weighted by molar-refractivity contribution is -0.133. The molecule has 3 aliphatic heterocycles.